The van der Waals surface area contributed by atoms with Crippen LogP contribution in [0, 0.1) is 17.8 Å². The molecule has 0 atom stereocenters. The van der Waals surface area contributed by atoms with Gasteiger partial charge in [0.15, 0.2) is 6.61 Å². The normalized spacial score (nSPS) is 16.2. The molecule has 0 saturated heterocycles. The molecule has 0 bridgehead atoms. The van der Waals surface area contributed by atoms with E-state index in [1.807, 2.05) is 18.2 Å². The predicted molar refractivity (Wildman–Crippen MR) is 64.1 cm³/mol. The highest BCUT2D eigenvalue weighted by Crippen LogP contribution is 2.22. The lowest BCUT2D eigenvalue weighted by molar-refractivity contribution is 0.354. The van der Waals surface area contributed by atoms with Gasteiger partial charge in [0.2, 0.25) is 5.88 Å². The Morgan fingerprint density at radius 3 is 2.88 bits per heavy atom. The quantitative estimate of drug-likeness (QED) is 0.707. The molecule has 1 aliphatic rings. The van der Waals surface area contributed by atoms with E-state index >= 15 is 0 Å². The Labute approximate surface area is 97.0 Å². The van der Waals surface area contributed by atoms with E-state index < -0.39 is 0 Å². The molecule has 1 saturated carbocycles. The molecule has 0 aliphatic heterocycles. The third-order valence-electron chi connectivity index (χ3n) is 2.84. The molecule has 1 aromatic rings. The van der Waals surface area contributed by atoms with E-state index in [9.17, 15) is 0 Å². The fourth-order valence-corrected chi connectivity index (χ4v) is 1.98. The van der Waals surface area contributed by atoms with Crippen molar-refractivity contribution >= 4 is 0 Å². The van der Waals surface area contributed by atoms with Crippen LogP contribution in [0.1, 0.15) is 32.1 Å². The summed E-state index contributed by atoms with van der Waals surface area (Å²) in [6, 6.07) is 5.64. The number of nitrogens with zero attached hydrogens (tertiary/aromatic N) is 1. The number of pyridine rings is 1. The van der Waals surface area contributed by atoms with Crippen LogP contribution in [-0.4, -0.2) is 11.6 Å². The first-order valence-corrected chi connectivity index (χ1v) is 5.97. The number of aromatic nitrogens is 1. The Kier molecular flexibility index (Phi) is 4.25. The minimum absolute atomic E-state index is 0.452. The van der Waals surface area contributed by atoms with Gasteiger partial charge in [-0.15, -0.1) is 0 Å². The molecule has 0 spiro atoms. The van der Waals surface area contributed by atoms with Gasteiger partial charge in [-0.2, -0.15) is 0 Å². The van der Waals surface area contributed by atoms with Crippen molar-refractivity contribution in [2.75, 3.05) is 6.61 Å². The molecule has 16 heavy (non-hydrogen) atoms. The van der Waals surface area contributed by atoms with Gasteiger partial charge in [0.1, 0.15) is 0 Å². The summed E-state index contributed by atoms with van der Waals surface area (Å²) in [6.07, 6.45) is 8.29. The topological polar surface area (TPSA) is 22.1 Å². The molecule has 1 fully saturated rings. The molecular formula is C14H17NO. The maximum Gasteiger partial charge on any atom is 0.214 e. The van der Waals surface area contributed by atoms with Crippen molar-refractivity contribution in [1.29, 1.82) is 0 Å². The highest BCUT2D eigenvalue weighted by atomic mass is 16.5. The summed E-state index contributed by atoms with van der Waals surface area (Å²) in [7, 11) is 0. The summed E-state index contributed by atoms with van der Waals surface area (Å²) in [6.45, 7) is 0.452. The molecule has 0 unspecified atom stereocenters. The van der Waals surface area contributed by atoms with Crippen molar-refractivity contribution < 1.29 is 4.74 Å². The lowest BCUT2D eigenvalue weighted by Crippen LogP contribution is -2.04. The second kappa shape index (κ2) is 6.17. The van der Waals surface area contributed by atoms with Crippen LogP contribution in [0.15, 0.2) is 24.4 Å². The zero-order chi connectivity index (χ0) is 11.1. The van der Waals surface area contributed by atoms with Gasteiger partial charge < -0.3 is 4.74 Å². The van der Waals surface area contributed by atoms with Gasteiger partial charge in [-0.05, 0) is 18.9 Å². The molecule has 1 heterocycles. The van der Waals surface area contributed by atoms with Crippen LogP contribution in [0.4, 0.5) is 0 Å². The van der Waals surface area contributed by atoms with E-state index in [0.717, 1.165) is 0 Å². The minimum Gasteiger partial charge on any atom is -0.464 e. The third kappa shape index (κ3) is 3.58. The Balaban J connectivity index is 1.73. The molecule has 2 heteroatoms. The molecule has 1 aliphatic carbocycles. The fraction of sp³-hybridized carbons (Fsp3) is 0.500. The van der Waals surface area contributed by atoms with Crippen molar-refractivity contribution in [2.24, 2.45) is 5.92 Å². The summed E-state index contributed by atoms with van der Waals surface area (Å²) in [5, 5.41) is 0. The highest BCUT2D eigenvalue weighted by molar-refractivity contribution is 5.11. The molecule has 0 amide bonds. The Morgan fingerprint density at radius 1 is 1.25 bits per heavy atom. The highest BCUT2D eigenvalue weighted by Gasteiger charge is 2.09. The van der Waals surface area contributed by atoms with Crippen LogP contribution in [0.2, 0.25) is 0 Å². The van der Waals surface area contributed by atoms with E-state index in [1.165, 1.54) is 32.1 Å². The van der Waals surface area contributed by atoms with Gasteiger partial charge in [0, 0.05) is 18.2 Å². The SMILES string of the molecule is C(#CC1CCCCC1)COc1ccccn1. The molecule has 0 N–H and O–H groups in total. The minimum atomic E-state index is 0.452. The van der Waals surface area contributed by atoms with Crippen LogP contribution in [0.3, 0.4) is 0 Å². The second-order valence-electron chi connectivity index (χ2n) is 4.11. The van der Waals surface area contributed by atoms with Crippen molar-refractivity contribution in [3.63, 3.8) is 0 Å². The smallest absolute Gasteiger partial charge is 0.214 e. The van der Waals surface area contributed by atoms with E-state index in [0.29, 0.717) is 18.4 Å². The number of rotatable bonds is 2. The van der Waals surface area contributed by atoms with E-state index in [-0.39, 0.29) is 0 Å². The van der Waals surface area contributed by atoms with Gasteiger partial charge in [-0.1, -0.05) is 37.2 Å². The van der Waals surface area contributed by atoms with Crippen LogP contribution >= 0.6 is 0 Å². The molecular weight excluding hydrogens is 198 g/mol. The van der Waals surface area contributed by atoms with Gasteiger partial charge in [-0.25, -0.2) is 4.98 Å². The average molecular weight is 215 g/mol. The van der Waals surface area contributed by atoms with Crippen molar-refractivity contribution in [3.8, 4) is 17.7 Å². The summed E-state index contributed by atoms with van der Waals surface area (Å²) >= 11 is 0. The zero-order valence-electron chi connectivity index (χ0n) is 9.48. The van der Waals surface area contributed by atoms with Gasteiger partial charge in [0.25, 0.3) is 0 Å². The molecule has 2 nitrogen and oxygen atoms in total. The number of ether oxygens (including phenoxy) is 1. The zero-order valence-corrected chi connectivity index (χ0v) is 9.48. The fourth-order valence-electron chi connectivity index (χ4n) is 1.98. The maximum atomic E-state index is 5.41. The molecule has 0 radical (unpaired) electrons. The Morgan fingerprint density at radius 2 is 2.12 bits per heavy atom. The Bertz CT molecular complexity index is 357. The summed E-state index contributed by atoms with van der Waals surface area (Å²) in [4.78, 5) is 4.07. The summed E-state index contributed by atoms with van der Waals surface area (Å²) in [5.41, 5.74) is 0. The van der Waals surface area contributed by atoms with Crippen molar-refractivity contribution in [1.82, 2.24) is 4.98 Å². The van der Waals surface area contributed by atoms with E-state index in [2.05, 4.69) is 16.8 Å². The third-order valence-corrected chi connectivity index (χ3v) is 2.84. The first kappa shape index (κ1) is 11.0. The summed E-state index contributed by atoms with van der Waals surface area (Å²) < 4.78 is 5.41. The maximum absolute atomic E-state index is 5.41. The van der Waals surface area contributed by atoms with Gasteiger partial charge >= 0.3 is 0 Å². The number of hydrogen-bond acceptors (Lipinski definition) is 2. The van der Waals surface area contributed by atoms with Crippen LogP contribution in [0.5, 0.6) is 5.88 Å². The Hall–Kier alpha value is -1.49. The average Bonchev–Trinajstić information content (AvgIpc) is 2.37. The van der Waals surface area contributed by atoms with Crippen LogP contribution < -0.4 is 4.74 Å². The molecule has 1 aromatic heterocycles. The largest absolute Gasteiger partial charge is 0.464 e. The second-order valence-corrected chi connectivity index (χ2v) is 4.11. The van der Waals surface area contributed by atoms with Crippen LogP contribution in [-0.2, 0) is 0 Å². The monoisotopic (exact) mass is 215 g/mol. The van der Waals surface area contributed by atoms with E-state index in [1.54, 1.807) is 6.20 Å². The lowest BCUT2D eigenvalue weighted by Gasteiger charge is -2.15. The summed E-state index contributed by atoms with van der Waals surface area (Å²) in [5.74, 6) is 7.63. The standard InChI is InChI=1S/C14H17NO/c1-2-7-13(8-3-1)9-6-12-16-14-10-4-5-11-15-14/h4-5,10-11,13H,1-3,7-8,12H2. The van der Waals surface area contributed by atoms with Crippen molar-refractivity contribution in [2.45, 2.75) is 32.1 Å². The van der Waals surface area contributed by atoms with Crippen molar-refractivity contribution in [3.05, 3.63) is 24.4 Å². The van der Waals surface area contributed by atoms with Crippen LogP contribution in [0.25, 0.3) is 0 Å². The molecule has 0 aromatic carbocycles. The van der Waals surface area contributed by atoms with Gasteiger partial charge in [0.05, 0.1) is 0 Å². The van der Waals surface area contributed by atoms with Gasteiger partial charge in [-0.3, -0.25) is 0 Å². The predicted octanol–water partition coefficient (Wildman–Crippen LogP) is 3.04. The molecule has 2 rings (SSSR count). The van der Waals surface area contributed by atoms with E-state index in [4.69, 9.17) is 4.74 Å². The molecule has 84 valence electrons. The lowest BCUT2D eigenvalue weighted by atomic mass is 9.90. The first-order chi connectivity index (χ1) is 7.95. The number of hydrogen-bond donors (Lipinski definition) is 0. The first-order valence-electron chi connectivity index (χ1n) is 5.97.